The van der Waals surface area contributed by atoms with Crippen LogP contribution in [0.5, 0.6) is 5.75 Å². The second-order valence-corrected chi connectivity index (χ2v) is 4.99. The predicted octanol–water partition coefficient (Wildman–Crippen LogP) is 3.98. The predicted molar refractivity (Wildman–Crippen MR) is 71.5 cm³/mol. The Morgan fingerprint density at radius 1 is 1.06 bits per heavy atom. The molecule has 1 aromatic heterocycles. The van der Waals surface area contributed by atoms with E-state index in [0.29, 0.717) is 0 Å². The number of rotatable bonds is 1. The molecule has 84 valence electrons. The summed E-state index contributed by atoms with van der Waals surface area (Å²) in [6.45, 7) is 2.05. The van der Waals surface area contributed by atoms with Crippen LogP contribution in [0.25, 0.3) is 20.8 Å². The topological polar surface area (TPSA) is 33.1 Å². The molecule has 3 rings (SSSR count). The van der Waals surface area contributed by atoms with E-state index in [-0.39, 0.29) is 5.75 Å². The first-order valence-electron chi connectivity index (χ1n) is 5.40. The second-order valence-electron chi connectivity index (χ2n) is 3.96. The van der Waals surface area contributed by atoms with Gasteiger partial charge in [-0.25, -0.2) is 4.98 Å². The molecule has 0 radical (unpaired) electrons. The maximum absolute atomic E-state index is 9.83. The van der Waals surface area contributed by atoms with Crippen molar-refractivity contribution in [3.05, 3.63) is 48.0 Å². The molecule has 0 saturated carbocycles. The Morgan fingerprint density at radius 3 is 2.65 bits per heavy atom. The molecule has 0 bridgehead atoms. The van der Waals surface area contributed by atoms with Gasteiger partial charge in [-0.05, 0) is 30.7 Å². The van der Waals surface area contributed by atoms with E-state index in [1.54, 1.807) is 17.4 Å². The van der Waals surface area contributed by atoms with Crippen LogP contribution in [0.15, 0.2) is 42.5 Å². The summed E-state index contributed by atoms with van der Waals surface area (Å²) in [5.41, 5.74) is 2.99. The molecule has 2 nitrogen and oxygen atoms in total. The van der Waals surface area contributed by atoms with Gasteiger partial charge in [0.25, 0.3) is 0 Å². The summed E-state index contributed by atoms with van der Waals surface area (Å²) in [6.07, 6.45) is 0. The largest absolute Gasteiger partial charge is 0.507 e. The van der Waals surface area contributed by atoms with Gasteiger partial charge in [-0.15, -0.1) is 11.3 Å². The first-order valence-corrected chi connectivity index (χ1v) is 6.22. The van der Waals surface area contributed by atoms with Crippen molar-refractivity contribution in [2.75, 3.05) is 0 Å². The second kappa shape index (κ2) is 3.86. The van der Waals surface area contributed by atoms with Crippen LogP contribution in [0.3, 0.4) is 0 Å². The minimum Gasteiger partial charge on any atom is -0.507 e. The van der Waals surface area contributed by atoms with Crippen LogP contribution >= 0.6 is 11.3 Å². The number of phenols is 1. The van der Waals surface area contributed by atoms with Gasteiger partial charge < -0.3 is 5.11 Å². The lowest BCUT2D eigenvalue weighted by Gasteiger charge is -1.98. The molecular weight excluding hydrogens is 230 g/mol. The SMILES string of the molecule is Cc1cccc2sc(-c3ccccc3O)nc12. The van der Waals surface area contributed by atoms with Crippen molar-refractivity contribution < 1.29 is 5.11 Å². The molecule has 1 heterocycles. The standard InChI is InChI=1S/C14H11NOS/c1-9-5-4-8-12-13(9)15-14(17-12)10-6-2-3-7-11(10)16/h2-8,16H,1H3. The average molecular weight is 241 g/mol. The lowest BCUT2D eigenvalue weighted by atomic mass is 10.2. The molecule has 0 aliphatic heterocycles. The molecule has 0 aliphatic rings. The number of phenolic OH excluding ortho intramolecular Hbond substituents is 1. The van der Waals surface area contributed by atoms with Crippen molar-refractivity contribution in [2.45, 2.75) is 6.92 Å². The van der Waals surface area contributed by atoms with Crippen molar-refractivity contribution in [1.29, 1.82) is 0 Å². The molecule has 0 saturated heterocycles. The third-order valence-corrected chi connectivity index (χ3v) is 3.81. The van der Waals surface area contributed by atoms with Crippen LogP contribution in [-0.2, 0) is 0 Å². The molecule has 0 amide bonds. The molecule has 0 spiro atoms. The van der Waals surface area contributed by atoms with Gasteiger partial charge >= 0.3 is 0 Å². The van der Waals surface area contributed by atoms with Crippen molar-refractivity contribution in [3.63, 3.8) is 0 Å². The number of fused-ring (bicyclic) bond motifs is 1. The minimum atomic E-state index is 0.282. The summed E-state index contributed by atoms with van der Waals surface area (Å²) >= 11 is 1.61. The van der Waals surface area contributed by atoms with Crippen LogP contribution < -0.4 is 0 Å². The van der Waals surface area contributed by atoms with E-state index in [0.717, 1.165) is 20.8 Å². The molecule has 2 aromatic carbocycles. The van der Waals surface area contributed by atoms with Crippen LogP contribution in [0, 0.1) is 6.92 Å². The van der Waals surface area contributed by atoms with Gasteiger partial charge in [-0.2, -0.15) is 0 Å². The minimum absolute atomic E-state index is 0.282. The van der Waals surface area contributed by atoms with Gasteiger partial charge in [0.2, 0.25) is 0 Å². The Hall–Kier alpha value is -1.87. The summed E-state index contributed by atoms with van der Waals surface area (Å²) in [7, 11) is 0. The number of aryl methyl sites for hydroxylation is 1. The van der Waals surface area contributed by atoms with Crippen molar-refractivity contribution >= 4 is 21.6 Å². The van der Waals surface area contributed by atoms with E-state index in [9.17, 15) is 5.11 Å². The lowest BCUT2D eigenvalue weighted by molar-refractivity contribution is 0.477. The number of para-hydroxylation sites is 2. The fourth-order valence-electron chi connectivity index (χ4n) is 1.86. The van der Waals surface area contributed by atoms with Crippen molar-refractivity contribution in [2.24, 2.45) is 0 Å². The quantitative estimate of drug-likeness (QED) is 0.699. The Morgan fingerprint density at radius 2 is 1.88 bits per heavy atom. The zero-order valence-corrected chi connectivity index (χ0v) is 10.2. The molecule has 0 fully saturated rings. The summed E-state index contributed by atoms with van der Waals surface area (Å²) in [4.78, 5) is 4.60. The fraction of sp³-hybridized carbons (Fsp3) is 0.0714. The van der Waals surface area contributed by atoms with E-state index >= 15 is 0 Å². The highest BCUT2D eigenvalue weighted by Gasteiger charge is 2.10. The molecule has 0 aliphatic carbocycles. The molecule has 3 heteroatoms. The molecular formula is C14H11NOS. The normalized spacial score (nSPS) is 10.9. The zero-order chi connectivity index (χ0) is 11.8. The first-order chi connectivity index (χ1) is 8.25. The van der Waals surface area contributed by atoms with E-state index in [1.165, 1.54) is 5.56 Å². The van der Waals surface area contributed by atoms with E-state index in [4.69, 9.17) is 0 Å². The number of thiazole rings is 1. The number of hydrogen-bond acceptors (Lipinski definition) is 3. The van der Waals surface area contributed by atoms with Crippen molar-refractivity contribution in [1.82, 2.24) is 4.98 Å². The summed E-state index contributed by atoms with van der Waals surface area (Å²) in [5, 5.41) is 10.7. The number of nitrogens with zero attached hydrogens (tertiary/aromatic N) is 1. The third kappa shape index (κ3) is 1.68. The first kappa shape index (κ1) is 10.3. The number of aromatic nitrogens is 1. The smallest absolute Gasteiger partial charge is 0.128 e. The molecule has 3 aromatic rings. The zero-order valence-electron chi connectivity index (χ0n) is 9.34. The Bertz CT molecular complexity index is 688. The monoisotopic (exact) mass is 241 g/mol. The van der Waals surface area contributed by atoms with Gasteiger partial charge in [-0.3, -0.25) is 0 Å². The van der Waals surface area contributed by atoms with Gasteiger partial charge in [-0.1, -0.05) is 24.3 Å². The van der Waals surface area contributed by atoms with Gasteiger partial charge in [0.1, 0.15) is 10.8 Å². The summed E-state index contributed by atoms with van der Waals surface area (Å²) in [6, 6.07) is 13.5. The number of aromatic hydroxyl groups is 1. The van der Waals surface area contributed by atoms with E-state index < -0.39 is 0 Å². The van der Waals surface area contributed by atoms with Crippen LogP contribution in [0.1, 0.15) is 5.56 Å². The maximum Gasteiger partial charge on any atom is 0.128 e. The van der Waals surface area contributed by atoms with Crippen LogP contribution in [0.4, 0.5) is 0 Å². The highest BCUT2D eigenvalue weighted by Crippen LogP contribution is 2.35. The molecule has 17 heavy (non-hydrogen) atoms. The Balaban J connectivity index is 2.26. The fourth-order valence-corrected chi connectivity index (χ4v) is 2.93. The summed E-state index contributed by atoms with van der Waals surface area (Å²) < 4.78 is 1.16. The van der Waals surface area contributed by atoms with Crippen molar-refractivity contribution in [3.8, 4) is 16.3 Å². The number of benzene rings is 2. The van der Waals surface area contributed by atoms with Gasteiger partial charge in [0.15, 0.2) is 0 Å². The molecule has 0 unspecified atom stereocenters. The lowest BCUT2D eigenvalue weighted by Crippen LogP contribution is -1.78. The van der Waals surface area contributed by atoms with Gasteiger partial charge in [0, 0.05) is 0 Å². The molecule has 0 atom stereocenters. The van der Waals surface area contributed by atoms with Gasteiger partial charge in [0.05, 0.1) is 15.8 Å². The Kier molecular flexibility index (Phi) is 2.34. The third-order valence-electron chi connectivity index (χ3n) is 2.76. The van der Waals surface area contributed by atoms with Crippen LogP contribution in [0.2, 0.25) is 0 Å². The molecule has 1 N–H and O–H groups in total. The van der Waals surface area contributed by atoms with Crippen LogP contribution in [-0.4, -0.2) is 10.1 Å². The number of hydrogen-bond donors (Lipinski definition) is 1. The summed E-state index contributed by atoms with van der Waals surface area (Å²) in [5.74, 6) is 0.282. The highest BCUT2D eigenvalue weighted by molar-refractivity contribution is 7.21. The van der Waals surface area contributed by atoms with E-state index in [2.05, 4.69) is 24.0 Å². The average Bonchev–Trinajstić information content (AvgIpc) is 2.75. The maximum atomic E-state index is 9.83. The Labute approximate surface area is 103 Å². The van der Waals surface area contributed by atoms with E-state index in [1.807, 2.05) is 24.3 Å². The highest BCUT2D eigenvalue weighted by atomic mass is 32.1.